The predicted molar refractivity (Wildman–Crippen MR) is 82.1 cm³/mol. The lowest BCUT2D eigenvalue weighted by molar-refractivity contribution is -0.125. The van der Waals surface area contributed by atoms with Crippen LogP contribution in [0.25, 0.3) is 0 Å². The molecular formula is C16H14N2O3S. The third-order valence-corrected chi connectivity index (χ3v) is 4.71. The maximum Gasteiger partial charge on any atom is 0.339 e. The highest BCUT2D eigenvalue weighted by Crippen LogP contribution is 2.40. The molecule has 0 saturated heterocycles. The molecule has 1 aliphatic heterocycles. The molecule has 1 N–H and O–H groups in total. The van der Waals surface area contributed by atoms with Gasteiger partial charge in [-0.05, 0) is 24.5 Å². The van der Waals surface area contributed by atoms with Crippen molar-refractivity contribution < 1.29 is 14.3 Å². The number of amides is 1. The zero-order valence-electron chi connectivity index (χ0n) is 11.7. The number of anilines is 1. The number of benzene rings is 1. The molecule has 5 nitrogen and oxygen atoms in total. The molecule has 112 valence electrons. The van der Waals surface area contributed by atoms with Crippen LogP contribution in [0.3, 0.4) is 0 Å². The third kappa shape index (κ3) is 2.50. The van der Waals surface area contributed by atoms with Crippen LogP contribution < -0.4 is 5.32 Å². The van der Waals surface area contributed by atoms with E-state index < -0.39 is 12.1 Å². The van der Waals surface area contributed by atoms with E-state index in [9.17, 15) is 9.59 Å². The minimum Gasteiger partial charge on any atom is -0.448 e. The number of esters is 1. The zero-order chi connectivity index (χ0) is 15.1. The lowest BCUT2D eigenvalue weighted by Crippen LogP contribution is -2.37. The quantitative estimate of drug-likeness (QED) is 0.885. The monoisotopic (exact) mass is 314 g/mol. The molecule has 22 heavy (non-hydrogen) atoms. The van der Waals surface area contributed by atoms with Gasteiger partial charge in [0.1, 0.15) is 0 Å². The number of nitrogens with zero attached hydrogens (tertiary/aromatic N) is 1. The highest BCUT2D eigenvalue weighted by molar-refractivity contribution is 7.13. The first kappa shape index (κ1) is 13.5. The Hall–Kier alpha value is -2.21. The topological polar surface area (TPSA) is 68.3 Å². The number of fused-ring (bicyclic) bond motifs is 1. The summed E-state index contributed by atoms with van der Waals surface area (Å²) in [6.07, 6.45) is 1.95. The van der Waals surface area contributed by atoms with Crippen molar-refractivity contribution in [3.8, 4) is 0 Å². The molecule has 0 radical (unpaired) electrons. The molecular weight excluding hydrogens is 300 g/mol. The summed E-state index contributed by atoms with van der Waals surface area (Å²) in [5.74, 6) is -0.208. The number of carbonyl (C=O) groups is 2. The molecule has 1 aromatic heterocycles. The summed E-state index contributed by atoms with van der Waals surface area (Å²) < 4.78 is 5.24. The molecule has 6 heteroatoms. The minimum absolute atomic E-state index is 0.320. The second-order valence-corrected chi connectivity index (χ2v) is 6.45. The maximum atomic E-state index is 12.3. The predicted octanol–water partition coefficient (Wildman–Crippen LogP) is 2.74. The molecule has 0 unspecified atom stereocenters. The van der Waals surface area contributed by atoms with Crippen LogP contribution in [-0.2, 0) is 16.0 Å². The summed E-state index contributed by atoms with van der Waals surface area (Å²) in [7, 11) is 0. The second-order valence-electron chi connectivity index (χ2n) is 5.60. The van der Waals surface area contributed by atoms with Crippen molar-refractivity contribution >= 4 is 28.3 Å². The van der Waals surface area contributed by atoms with Crippen LogP contribution in [0.4, 0.5) is 5.13 Å². The fourth-order valence-electron chi connectivity index (χ4n) is 2.57. The van der Waals surface area contributed by atoms with Crippen LogP contribution in [0.5, 0.6) is 0 Å². The number of ether oxygens (including phenoxy) is 1. The Kier molecular flexibility index (Phi) is 3.18. The standard InChI is InChI=1S/C16H14N2O3S/c19-14(18-16-17-12(8-22-16)9-5-6-9)13-7-10-3-1-2-4-11(10)15(20)21-13/h1-4,8-9,13H,5-7H2,(H,17,18,19)/t13-/m1/s1. The summed E-state index contributed by atoms with van der Waals surface area (Å²) in [5, 5.41) is 5.31. The zero-order valence-corrected chi connectivity index (χ0v) is 12.6. The van der Waals surface area contributed by atoms with Crippen LogP contribution in [-0.4, -0.2) is 23.0 Å². The number of cyclic esters (lactones) is 1. The van der Waals surface area contributed by atoms with Crippen LogP contribution in [0, 0.1) is 0 Å². The molecule has 4 rings (SSSR count). The Balaban J connectivity index is 1.47. The van der Waals surface area contributed by atoms with E-state index in [0.717, 1.165) is 11.3 Å². The van der Waals surface area contributed by atoms with E-state index in [2.05, 4.69) is 10.3 Å². The van der Waals surface area contributed by atoms with Crippen molar-refractivity contribution in [1.82, 2.24) is 4.98 Å². The normalized spacial score (nSPS) is 20.2. The largest absolute Gasteiger partial charge is 0.448 e. The van der Waals surface area contributed by atoms with Crippen LogP contribution in [0.1, 0.15) is 40.4 Å². The van der Waals surface area contributed by atoms with Gasteiger partial charge in [0.15, 0.2) is 11.2 Å². The van der Waals surface area contributed by atoms with Crippen LogP contribution in [0.2, 0.25) is 0 Å². The van der Waals surface area contributed by atoms with Gasteiger partial charge in [0.05, 0.1) is 11.3 Å². The number of nitrogens with one attached hydrogen (secondary N) is 1. The molecule has 1 fully saturated rings. The molecule has 2 heterocycles. The van der Waals surface area contributed by atoms with Crippen LogP contribution >= 0.6 is 11.3 Å². The van der Waals surface area contributed by atoms with E-state index in [-0.39, 0.29) is 5.91 Å². The Morgan fingerprint density at radius 2 is 2.14 bits per heavy atom. The number of aromatic nitrogens is 1. The van der Waals surface area contributed by atoms with Crippen molar-refractivity contribution in [2.45, 2.75) is 31.3 Å². The summed E-state index contributed by atoms with van der Waals surface area (Å²) >= 11 is 1.41. The van der Waals surface area contributed by atoms with E-state index in [1.54, 1.807) is 12.1 Å². The first-order valence-electron chi connectivity index (χ1n) is 7.26. The summed E-state index contributed by atoms with van der Waals surface area (Å²) in [6, 6.07) is 7.21. The highest BCUT2D eigenvalue weighted by atomic mass is 32.1. The van der Waals surface area contributed by atoms with Crippen molar-refractivity contribution in [3.63, 3.8) is 0 Å². The van der Waals surface area contributed by atoms with Gasteiger partial charge in [0, 0.05) is 17.7 Å². The molecule has 1 aliphatic carbocycles. The number of hydrogen-bond acceptors (Lipinski definition) is 5. The Bertz CT molecular complexity index is 751. The summed E-state index contributed by atoms with van der Waals surface area (Å²) in [5.41, 5.74) is 2.43. The van der Waals surface area contributed by atoms with E-state index in [1.807, 2.05) is 17.5 Å². The molecule has 1 saturated carbocycles. The summed E-state index contributed by atoms with van der Waals surface area (Å²) in [4.78, 5) is 28.7. The minimum atomic E-state index is -0.796. The first-order chi connectivity index (χ1) is 10.7. The van der Waals surface area contributed by atoms with Gasteiger partial charge < -0.3 is 4.74 Å². The Morgan fingerprint density at radius 3 is 2.95 bits per heavy atom. The van der Waals surface area contributed by atoms with Gasteiger partial charge in [-0.25, -0.2) is 9.78 Å². The number of hydrogen-bond donors (Lipinski definition) is 1. The third-order valence-electron chi connectivity index (χ3n) is 3.93. The number of carbonyl (C=O) groups excluding carboxylic acids is 2. The maximum absolute atomic E-state index is 12.3. The second kappa shape index (κ2) is 5.21. The Labute approximate surface area is 131 Å². The molecule has 2 aromatic rings. The van der Waals surface area contributed by atoms with Crippen molar-refractivity contribution in [2.75, 3.05) is 5.32 Å². The highest BCUT2D eigenvalue weighted by Gasteiger charge is 2.32. The van der Waals surface area contributed by atoms with E-state index in [4.69, 9.17) is 4.74 Å². The van der Waals surface area contributed by atoms with Gasteiger partial charge in [0.2, 0.25) is 0 Å². The van der Waals surface area contributed by atoms with Gasteiger partial charge in [0.25, 0.3) is 5.91 Å². The molecule has 1 aromatic carbocycles. The molecule has 1 amide bonds. The van der Waals surface area contributed by atoms with Gasteiger partial charge in [-0.3, -0.25) is 10.1 Å². The van der Waals surface area contributed by atoms with Gasteiger partial charge in [-0.15, -0.1) is 11.3 Å². The van der Waals surface area contributed by atoms with Gasteiger partial charge in [-0.1, -0.05) is 18.2 Å². The lowest BCUT2D eigenvalue weighted by atomic mass is 9.98. The van der Waals surface area contributed by atoms with E-state index in [0.29, 0.717) is 23.0 Å². The Morgan fingerprint density at radius 1 is 1.32 bits per heavy atom. The average molecular weight is 314 g/mol. The first-order valence-corrected chi connectivity index (χ1v) is 8.14. The number of rotatable bonds is 3. The summed E-state index contributed by atoms with van der Waals surface area (Å²) in [6.45, 7) is 0. The van der Waals surface area contributed by atoms with E-state index in [1.165, 1.54) is 24.2 Å². The SMILES string of the molecule is O=C1O[C@@H](C(=O)Nc2nc(C3CC3)cs2)Cc2ccccc21. The lowest BCUT2D eigenvalue weighted by Gasteiger charge is -2.23. The molecule has 2 aliphatic rings. The van der Waals surface area contributed by atoms with Crippen LogP contribution in [0.15, 0.2) is 29.6 Å². The fourth-order valence-corrected chi connectivity index (χ4v) is 3.37. The average Bonchev–Trinajstić information content (AvgIpc) is 3.27. The molecule has 1 atom stereocenters. The number of thiazole rings is 1. The molecule has 0 spiro atoms. The van der Waals surface area contributed by atoms with Crippen molar-refractivity contribution in [1.29, 1.82) is 0 Å². The fraction of sp³-hybridized carbons (Fsp3) is 0.312. The van der Waals surface area contributed by atoms with Crippen molar-refractivity contribution in [2.24, 2.45) is 0 Å². The van der Waals surface area contributed by atoms with Gasteiger partial charge >= 0.3 is 5.97 Å². The van der Waals surface area contributed by atoms with Gasteiger partial charge in [-0.2, -0.15) is 0 Å². The molecule has 0 bridgehead atoms. The smallest absolute Gasteiger partial charge is 0.339 e. The van der Waals surface area contributed by atoms with Crippen molar-refractivity contribution in [3.05, 3.63) is 46.5 Å². The van der Waals surface area contributed by atoms with E-state index >= 15 is 0 Å².